The number of barbiturate groups is 1. The molecule has 0 bridgehead atoms. The molecule has 0 saturated carbocycles. The number of carbonyl (C=O) groups excluding carboxylic acids is 3. The van der Waals surface area contributed by atoms with Gasteiger partial charge in [0.05, 0.1) is 18.2 Å². The normalized spacial score (nSPS) is 14.2. The van der Waals surface area contributed by atoms with Crippen LogP contribution in [-0.2, 0) is 14.3 Å². The number of hydrogen-bond donors (Lipinski definition) is 2. The van der Waals surface area contributed by atoms with Gasteiger partial charge in [-0.1, -0.05) is 0 Å². The van der Waals surface area contributed by atoms with Crippen molar-refractivity contribution in [2.24, 2.45) is 0 Å². The van der Waals surface area contributed by atoms with E-state index in [2.05, 4.69) is 26.9 Å². The average molecular weight is 540 g/mol. The SMILES string of the molecule is COCCC1(Oc2ccc(Oc3ccc(-c4nnc(-c5ccc(C#N)cc5)o4)cc3)cc2)C(=O)NC(=O)NC1=O. The van der Waals surface area contributed by atoms with Crippen LogP contribution in [0.2, 0.25) is 0 Å². The van der Waals surface area contributed by atoms with E-state index in [-0.39, 0.29) is 18.8 Å². The van der Waals surface area contributed by atoms with Crippen LogP contribution in [0.1, 0.15) is 12.0 Å². The second kappa shape index (κ2) is 11.1. The van der Waals surface area contributed by atoms with Crippen molar-refractivity contribution < 1.29 is 33.0 Å². The lowest BCUT2D eigenvalue weighted by Gasteiger charge is -2.34. The molecule has 40 heavy (non-hydrogen) atoms. The monoisotopic (exact) mass is 539 g/mol. The molecule has 1 saturated heterocycles. The van der Waals surface area contributed by atoms with Crippen molar-refractivity contribution >= 4 is 17.8 Å². The molecule has 12 heteroatoms. The zero-order chi connectivity index (χ0) is 28.1. The molecular weight excluding hydrogens is 518 g/mol. The molecule has 1 fully saturated rings. The third kappa shape index (κ3) is 5.35. The molecule has 2 N–H and O–H groups in total. The van der Waals surface area contributed by atoms with Gasteiger partial charge in [-0.05, 0) is 72.8 Å². The summed E-state index contributed by atoms with van der Waals surface area (Å²) in [5.74, 6) is 0.138. The summed E-state index contributed by atoms with van der Waals surface area (Å²) < 4.78 is 22.5. The number of urea groups is 1. The van der Waals surface area contributed by atoms with Gasteiger partial charge in [0.15, 0.2) is 0 Å². The van der Waals surface area contributed by atoms with E-state index >= 15 is 0 Å². The van der Waals surface area contributed by atoms with Crippen LogP contribution in [0.4, 0.5) is 4.79 Å². The highest BCUT2D eigenvalue weighted by molar-refractivity contribution is 6.21. The van der Waals surface area contributed by atoms with Crippen LogP contribution in [0.5, 0.6) is 17.2 Å². The van der Waals surface area contributed by atoms with Gasteiger partial charge in [-0.15, -0.1) is 10.2 Å². The number of nitriles is 1. The minimum Gasteiger partial charge on any atom is -0.467 e. The molecule has 4 amide bonds. The summed E-state index contributed by atoms with van der Waals surface area (Å²) in [5, 5.41) is 21.2. The number of hydrogen-bond acceptors (Lipinski definition) is 10. The topological polar surface area (TPSA) is 166 Å². The molecule has 0 unspecified atom stereocenters. The van der Waals surface area contributed by atoms with Gasteiger partial charge in [0, 0.05) is 24.7 Å². The van der Waals surface area contributed by atoms with Crippen molar-refractivity contribution in [1.29, 1.82) is 5.26 Å². The molecule has 4 aromatic rings. The Balaban J connectivity index is 1.25. The largest absolute Gasteiger partial charge is 0.467 e. The Kier molecular flexibility index (Phi) is 7.21. The highest BCUT2D eigenvalue weighted by atomic mass is 16.5. The number of benzene rings is 3. The van der Waals surface area contributed by atoms with Crippen molar-refractivity contribution in [3.63, 3.8) is 0 Å². The van der Waals surface area contributed by atoms with Crippen molar-refractivity contribution in [2.45, 2.75) is 12.0 Å². The van der Waals surface area contributed by atoms with Crippen molar-refractivity contribution in [3.8, 4) is 46.2 Å². The Morgan fingerprint density at radius 2 is 1.30 bits per heavy atom. The number of nitrogens with zero attached hydrogens (tertiary/aromatic N) is 3. The Hall–Kier alpha value is -5.54. The fraction of sp³-hybridized carbons (Fsp3) is 0.143. The smallest absolute Gasteiger partial charge is 0.328 e. The van der Waals surface area contributed by atoms with E-state index in [4.69, 9.17) is 23.9 Å². The van der Waals surface area contributed by atoms with Crippen LogP contribution in [0.3, 0.4) is 0 Å². The second-order valence-electron chi connectivity index (χ2n) is 8.61. The van der Waals surface area contributed by atoms with Crippen LogP contribution >= 0.6 is 0 Å². The van der Waals surface area contributed by atoms with Crippen LogP contribution in [-0.4, -0.2) is 47.4 Å². The molecule has 1 aliphatic heterocycles. The van der Waals surface area contributed by atoms with Gasteiger partial charge in [0.2, 0.25) is 11.8 Å². The molecule has 0 aliphatic carbocycles. The molecule has 3 aromatic carbocycles. The van der Waals surface area contributed by atoms with E-state index < -0.39 is 23.4 Å². The molecule has 200 valence electrons. The quantitative estimate of drug-likeness (QED) is 0.300. The van der Waals surface area contributed by atoms with Gasteiger partial charge in [-0.25, -0.2) is 4.79 Å². The first kappa shape index (κ1) is 26.1. The van der Waals surface area contributed by atoms with Gasteiger partial charge in [0.1, 0.15) is 17.2 Å². The number of ether oxygens (including phenoxy) is 3. The van der Waals surface area contributed by atoms with Crippen LogP contribution < -0.4 is 20.1 Å². The van der Waals surface area contributed by atoms with Crippen molar-refractivity contribution in [1.82, 2.24) is 20.8 Å². The summed E-state index contributed by atoms with van der Waals surface area (Å²) in [5.41, 5.74) is -0.0362. The molecule has 2 heterocycles. The standard InChI is InChI=1S/C28H21N5O7/c1-37-15-14-28(25(34)30-27(36)31-26(28)35)40-22-12-10-21(11-13-22)38-20-8-6-19(7-9-20)24-33-32-23(39-24)18-4-2-17(16-29)3-5-18/h2-13H,14-15H2,1H3,(H2,30,31,34,35,36). The maximum Gasteiger partial charge on any atom is 0.328 e. The predicted octanol–water partition coefficient (Wildman–Crippen LogP) is 3.59. The van der Waals surface area contributed by atoms with Crippen LogP contribution in [0.25, 0.3) is 22.9 Å². The van der Waals surface area contributed by atoms with E-state index in [9.17, 15) is 14.4 Å². The number of aromatic nitrogens is 2. The summed E-state index contributed by atoms with van der Waals surface area (Å²) in [4.78, 5) is 36.6. The molecular formula is C28H21N5O7. The van der Waals surface area contributed by atoms with Gasteiger partial charge in [-0.2, -0.15) is 5.26 Å². The molecule has 0 spiro atoms. The molecule has 0 atom stereocenters. The first-order chi connectivity index (χ1) is 19.4. The molecule has 0 radical (unpaired) electrons. The Labute approximate surface area is 227 Å². The second-order valence-corrected chi connectivity index (χ2v) is 8.61. The third-order valence-electron chi connectivity index (χ3n) is 5.98. The lowest BCUT2D eigenvalue weighted by Crippen LogP contribution is -2.69. The number of amides is 4. The van der Waals surface area contributed by atoms with Gasteiger partial charge < -0.3 is 18.6 Å². The number of methoxy groups -OCH3 is 1. The molecule has 12 nitrogen and oxygen atoms in total. The van der Waals surface area contributed by atoms with Gasteiger partial charge >= 0.3 is 6.03 Å². The molecule has 1 aliphatic rings. The first-order valence-corrected chi connectivity index (χ1v) is 12.0. The van der Waals surface area contributed by atoms with Crippen molar-refractivity contribution in [2.75, 3.05) is 13.7 Å². The Morgan fingerprint density at radius 3 is 1.82 bits per heavy atom. The maximum absolute atomic E-state index is 12.6. The van der Waals surface area contributed by atoms with E-state index in [1.807, 2.05) is 0 Å². The maximum atomic E-state index is 12.6. The fourth-order valence-corrected chi connectivity index (χ4v) is 3.88. The van der Waals surface area contributed by atoms with E-state index in [0.29, 0.717) is 40.0 Å². The average Bonchev–Trinajstić information content (AvgIpc) is 3.46. The zero-order valence-electron chi connectivity index (χ0n) is 21.0. The predicted molar refractivity (Wildman–Crippen MR) is 138 cm³/mol. The summed E-state index contributed by atoms with van der Waals surface area (Å²) >= 11 is 0. The Morgan fingerprint density at radius 1 is 0.800 bits per heavy atom. The summed E-state index contributed by atoms with van der Waals surface area (Å²) in [6, 6.07) is 21.3. The van der Waals surface area contributed by atoms with Crippen molar-refractivity contribution in [3.05, 3.63) is 78.4 Å². The zero-order valence-corrected chi connectivity index (χ0v) is 21.0. The lowest BCUT2D eigenvalue weighted by molar-refractivity contribution is -0.153. The third-order valence-corrected chi connectivity index (χ3v) is 5.98. The summed E-state index contributed by atoms with van der Waals surface area (Å²) in [6.07, 6.45) is -0.103. The van der Waals surface area contributed by atoms with Gasteiger partial charge in [-0.3, -0.25) is 20.2 Å². The number of nitrogens with one attached hydrogen (secondary N) is 2. The molecule has 5 rings (SSSR count). The highest BCUT2D eigenvalue weighted by Gasteiger charge is 2.52. The van der Waals surface area contributed by atoms with Crippen LogP contribution in [0.15, 0.2) is 77.2 Å². The number of carbonyl (C=O) groups is 3. The fourth-order valence-electron chi connectivity index (χ4n) is 3.88. The summed E-state index contributed by atoms with van der Waals surface area (Å²) in [7, 11) is 1.42. The number of imide groups is 2. The van der Waals surface area contributed by atoms with E-state index in [1.165, 1.54) is 7.11 Å². The van der Waals surface area contributed by atoms with E-state index in [0.717, 1.165) is 0 Å². The van der Waals surface area contributed by atoms with E-state index in [1.54, 1.807) is 72.8 Å². The van der Waals surface area contributed by atoms with Gasteiger partial charge in [0.25, 0.3) is 17.4 Å². The first-order valence-electron chi connectivity index (χ1n) is 12.0. The summed E-state index contributed by atoms with van der Waals surface area (Å²) in [6.45, 7) is 0.0482. The highest BCUT2D eigenvalue weighted by Crippen LogP contribution is 2.30. The minimum absolute atomic E-state index is 0.0482. The van der Waals surface area contributed by atoms with Crippen LogP contribution in [0, 0.1) is 11.3 Å². The lowest BCUT2D eigenvalue weighted by atomic mass is 9.95. The Bertz CT molecular complexity index is 1570. The number of rotatable bonds is 9. The minimum atomic E-state index is -1.96. The molecule has 1 aromatic heterocycles.